The topological polar surface area (TPSA) is 79.9 Å². The lowest BCUT2D eigenvalue weighted by molar-refractivity contribution is -0.139. The standard InChI is InChI=1S/C19H25N3O4S/c1-3-26-18(23)16-15(12-22-7-9-27-10-8-22)20-19(24)21-17(16)13-5-4-6-14(11-13)25-2/h4-6,11,17H,3,7-10,12H2,1-2H3,(H2,20,21,24). The highest BCUT2D eigenvalue weighted by Gasteiger charge is 2.34. The van der Waals surface area contributed by atoms with Gasteiger partial charge in [0.25, 0.3) is 0 Å². The fourth-order valence-electron chi connectivity index (χ4n) is 3.25. The number of ether oxygens (including phenoxy) is 2. The number of methoxy groups -OCH3 is 1. The van der Waals surface area contributed by atoms with Crippen LogP contribution in [0.1, 0.15) is 18.5 Å². The molecule has 0 saturated carbocycles. The summed E-state index contributed by atoms with van der Waals surface area (Å²) in [5, 5.41) is 5.68. The summed E-state index contributed by atoms with van der Waals surface area (Å²) in [4.78, 5) is 27.3. The Labute approximate surface area is 163 Å². The summed E-state index contributed by atoms with van der Waals surface area (Å²) in [7, 11) is 1.59. The predicted octanol–water partition coefficient (Wildman–Crippen LogP) is 1.92. The third-order valence-corrected chi connectivity index (χ3v) is 5.50. The molecule has 8 heteroatoms. The number of nitrogens with one attached hydrogen (secondary N) is 2. The van der Waals surface area contributed by atoms with Crippen molar-refractivity contribution in [1.29, 1.82) is 0 Å². The van der Waals surface area contributed by atoms with Gasteiger partial charge in [-0.1, -0.05) is 12.1 Å². The average Bonchev–Trinajstić information content (AvgIpc) is 2.68. The van der Waals surface area contributed by atoms with Crippen molar-refractivity contribution < 1.29 is 19.1 Å². The molecule has 0 aromatic heterocycles. The molecular formula is C19H25N3O4S. The lowest BCUT2D eigenvalue weighted by atomic mass is 9.94. The Morgan fingerprint density at radius 3 is 2.81 bits per heavy atom. The van der Waals surface area contributed by atoms with Crippen molar-refractivity contribution in [2.75, 3.05) is 44.9 Å². The number of benzene rings is 1. The molecule has 3 rings (SSSR count). The van der Waals surface area contributed by atoms with Crippen LogP contribution in [-0.2, 0) is 9.53 Å². The number of thioether (sulfide) groups is 1. The molecule has 0 bridgehead atoms. The third-order valence-electron chi connectivity index (χ3n) is 4.56. The highest BCUT2D eigenvalue weighted by molar-refractivity contribution is 7.99. The van der Waals surface area contributed by atoms with E-state index >= 15 is 0 Å². The Hall–Kier alpha value is -2.19. The molecule has 1 fully saturated rings. The summed E-state index contributed by atoms with van der Waals surface area (Å²) < 4.78 is 10.6. The minimum absolute atomic E-state index is 0.273. The number of urea groups is 1. The van der Waals surface area contributed by atoms with E-state index in [2.05, 4.69) is 15.5 Å². The van der Waals surface area contributed by atoms with E-state index < -0.39 is 12.0 Å². The maximum absolute atomic E-state index is 12.8. The molecule has 2 aliphatic heterocycles. The fraction of sp³-hybridized carbons (Fsp3) is 0.474. The highest BCUT2D eigenvalue weighted by atomic mass is 32.2. The minimum atomic E-state index is -0.581. The third kappa shape index (κ3) is 4.75. The summed E-state index contributed by atoms with van der Waals surface area (Å²) in [6.45, 7) is 4.42. The molecule has 2 amide bonds. The van der Waals surface area contributed by atoms with Crippen molar-refractivity contribution in [3.8, 4) is 5.75 Å². The Kier molecular flexibility index (Phi) is 6.63. The highest BCUT2D eigenvalue weighted by Crippen LogP contribution is 2.30. The minimum Gasteiger partial charge on any atom is -0.497 e. The van der Waals surface area contributed by atoms with Gasteiger partial charge in [0.2, 0.25) is 0 Å². The molecule has 146 valence electrons. The summed E-state index contributed by atoms with van der Waals surface area (Å²) in [5.41, 5.74) is 1.83. The summed E-state index contributed by atoms with van der Waals surface area (Å²) in [6.07, 6.45) is 0. The van der Waals surface area contributed by atoms with Crippen LogP contribution in [0.15, 0.2) is 35.5 Å². The number of esters is 1. The number of hydrogen-bond donors (Lipinski definition) is 2. The Morgan fingerprint density at radius 1 is 1.33 bits per heavy atom. The molecule has 1 aromatic rings. The smallest absolute Gasteiger partial charge is 0.338 e. The van der Waals surface area contributed by atoms with Crippen LogP contribution in [0.2, 0.25) is 0 Å². The summed E-state index contributed by atoms with van der Waals surface area (Å²) >= 11 is 1.92. The molecule has 1 saturated heterocycles. The van der Waals surface area contributed by atoms with Crippen LogP contribution in [0.4, 0.5) is 4.79 Å². The zero-order valence-corrected chi connectivity index (χ0v) is 16.4. The SMILES string of the molecule is CCOC(=O)C1=C(CN2CCSCC2)NC(=O)NC1c1cccc(OC)c1. The molecule has 0 radical (unpaired) electrons. The fourth-order valence-corrected chi connectivity index (χ4v) is 4.23. The van der Waals surface area contributed by atoms with Crippen LogP contribution < -0.4 is 15.4 Å². The zero-order chi connectivity index (χ0) is 19.2. The van der Waals surface area contributed by atoms with Gasteiger partial charge in [-0.3, -0.25) is 4.90 Å². The molecule has 2 N–H and O–H groups in total. The number of carbonyl (C=O) groups excluding carboxylic acids is 2. The van der Waals surface area contributed by atoms with Gasteiger partial charge in [-0.2, -0.15) is 11.8 Å². The van der Waals surface area contributed by atoms with Gasteiger partial charge < -0.3 is 20.1 Å². The van der Waals surface area contributed by atoms with Crippen molar-refractivity contribution in [1.82, 2.24) is 15.5 Å². The normalized spacial score (nSPS) is 20.7. The largest absolute Gasteiger partial charge is 0.497 e. The molecule has 1 atom stereocenters. The van der Waals surface area contributed by atoms with Crippen molar-refractivity contribution in [3.05, 3.63) is 41.1 Å². The second-order valence-corrected chi connectivity index (χ2v) is 7.53. The first-order valence-corrected chi connectivity index (χ1v) is 10.2. The molecule has 1 aromatic carbocycles. The zero-order valence-electron chi connectivity index (χ0n) is 15.6. The van der Waals surface area contributed by atoms with Crippen LogP contribution in [0.25, 0.3) is 0 Å². The molecular weight excluding hydrogens is 366 g/mol. The maximum atomic E-state index is 12.8. The molecule has 2 heterocycles. The van der Waals surface area contributed by atoms with Crippen LogP contribution >= 0.6 is 11.8 Å². The van der Waals surface area contributed by atoms with Crippen LogP contribution in [0.5, 0.6) is 5.75 Å². The molecule has 0 spiro atoms. The van der Waals surface area contributed by atoms with Crippen LogP contribution in [-0.4, -0.2) is 61.8 Å². The van der Waals surface area contributed by atoms with Gasteiger partial charge in [0.1, 0.15) is 5.75 Å². The Morgan fingerprint density at radius 2 is 2.11 bits per heavy atom. The van der Waals surface area contributed by atoms with E-state index in [9.17, 15) is 9.59 Å². The van der Waals surface area contributed by atoms with Gasteiger partial charge in [0.05, 0.1) is 25.3 Å². The van der Waals surface area contributed by atoms with Gasteiger partial charge in [0, 0.05) is 36.8 Å². The number of rotatable bonds is 6. The first-order valence-electron chi connectivity index (χ1n) is 9.04. The molecule has 1 unspecified atom stereocenters. The Balaban J connectivity index is 1.98. The second-order valence-electron chi connectivity index (χ2n) is 6.31. The Bertz CT molecular complexity index is 731. The summed E-state index contributed by atoms with van der Waals surface area (Å²) in [6, 6.07) is 6.45. The monoisotopic (exact) mass is 391 g/mol. The molecule has 0 aliphatic carbocycles. The van der Waals surface area contributed by atoms with E-state index in [4.69, 9.17) is 9.47 Å². The van der Waals surface area contributed by atoms with Crippen LogP contribution in [0, 0.1) is 0 Å². The number of hydrogen-bond acceptors (Lipinski definition) is 6. The molecule has 7 nitrogen and oxygen atoms in total. The molecule has 27 heavy (non-hydrogen) atoms. The van der Waals surface area contributed by atoms with Crippen molar-refractivity contribution in [2.24, 2.45) is 0 Å². The van der Waals surface area contributed by atoms with Gasteiger partial charge >= 0.3 is 12.0 Å². The van der Waals surface area contributed by atoms with Gasteiger partial charge in [-0.15, -0.1) is 0 Å². The van der Waals surface area contributed by atoms with E-state index in [-0.39, 0.29) is 12.6 Å². The lowest BCUT2D eigenvalue weighted by Crippen LogP contribution is -2.49. The van der Waals surface area contributed by atoms with E-state index in [0.717, 1.165) is 30.2 Å². The van der Waals surface area contributed by atoms with Gasteiger partial charge in [-0.05, 0) is 24.6 Å². The lowest BCUT2D eigenvalue weighted by Gasteiger charge is -2.33. The van der Waals surface area contributed by atoms with Gasteiger partial charge in [0.15, 0.2) is 0 Å². The second kappa shape index (κ2) is 9.14. The number of nitrogens with zero attached hydrogens (tertiary/aromatic N) is 1. The van der Waals surface area contributed by atoms with Crippen molar-refractivity contribution in [2.45, 2.75) is 13.0 Å². The maximum Gasteiger partial charge on any atom is 0.338 e. The van der Waals surface area contributed by atoms with E-state index in [1.807, 2.05) is 36.0 Å². The van der Waals surface area contributed by atoms with E-state index in [1.165, 1.54) is 0 Å². The molecule has 2 aliphatic rings. The average molecular weight is 391 g/mol. The predicted molar refractivity (Wildman–Crippen MR) is 105 cm³/mol. The first kappa shape index (κ1) is 19.6. The number of amides is 2. The van der Waals surface area contributed by atoms with Crippen molar-refractivity contribution in [3.63, 3.8) is 0 Å². The van der Waals surface area contributed by atoms with E-state index in [0.29, 0.717) is 23.6 Å². The van der Waals surface area contributed by atoms with E-state index in [1.54, 1.807) is 14.0 Å². The van der Waals surface area contributed by atoms with Crippen LogP contribution in [0.3, 0.4) is 0 Å². The quantitative estimate of drug-likeness (QED) is 0.722. The summed E-state index contributed by atoms with van der Waals surface area (Å²) in [5.74, 6) is 2.35. The van der Waals surface area contributed by atoms with Crippen molar-refractivity contribution >= 4 is 23.8 Å². The number of carbonyl (C=O) groups is 2. The first-order chi connectivity index (χ1) is 13.1. The van der Waals surface area contributed by atoms with Gasteiger partial charge in [-0.25, -0.2) is 9.59 Å².